The summed E-state index contributed by atoms with van der Waals surface area (Å²) in [5.41, 5.74) is 0.889. The zero-order valence-electron chi connectivity index (χ0n) is 14.1. The molecule has 2 heterocycles. The third-order valence-electron chi connectivity index (χ3n) is 4.41. The highest BCUT2D eigenvalue weighted by atomic mass is 16.4. The lowest BCUT2D eigenvalue weighted by Gasteiger charge is -2.23. The van der Waals surface area contributed by atoms with Crippen LogP contribution in [0, 0.1) is 0 Å². The normalized spacial score (nSPS) is 16.2. The molecule has 0 unspecified atom stereocenters. The summed E-state index contributed by atoms with van der Waals surface area (Å²) in [6.07, 6.45) is 3.35. The second-order valence-electron chi connectivity index (χ2n) is 6.26. The van der Waals surface area contributed by atoms with Crippen LogP contribution in [0.15, 0.2) is 34.7 Å². The molecule has 128 valence electrons. The molecule has 1 amide bonds. The Morgan fingerprint density at radius 1 is 1.25 bits per heavy atom. The monoisotopic (exact) mass is 328 g/mol. The van der Waals surface area contributed by atoms with E-state index >= 15 is 0 Å². The van der Waals surface area contributed by atoms with Gasteiger partial charge in [0.1, 0.15) is 0 Å². The molecule has 0 radical (unpaired) electrons. The summed E-state index contributed by atoms with van der Waals surface area (Å²) in [4.78, 5) is 14.4. The molecular weight excluding hydrogens is 304 g/mol. The van der Waals surface area contributed by atoms with Crippen molar-refractivity contribution in [2.24, 2.45) is 0 Å². The van der Waals surface area contributed by atoms with Gasteiger partial charge in [0.25, 0.3) is 0 Å². The van der Waals surface area contributed by atoms with E-state index in [9.17, 15) is 4.79 Å². The Hall–Kier alpha value is -2.21. The molecule has 1 aromatic heterocycles. The summed E-state index contributed by atoms with van der Waals surface area (Å²) in [5, 5.41) is 11.1. The molecule has 6 heteroatoms. The van der Waals surface area contributed by atoms with Crippen LogP contribution in [0.3, 0.4) is 0 Å². The third-order valence-corrected chi connectivity index (χ3v) is 4.41. The molecule has 1 atom stereocenters. The number of rotatable bonds is 7. The Balaban J connectivity index is 1.42. The SMILES string of the molecule is C[C@@H](CNC(=O)CCc1nnc(-c2ccccc2)o1)N1CCCC1. The minimum Gasteiger partial charge on any atom is -0.421 e. The molecule has 0 saturated carbocycles. The second kappa shape index (κ2) is 8.06. The number of likely N-dealkylation sites (tertiary alicyclic amines) is 1. The lowest BCUT2D eigenvalue weighted by atomic mass is 10.2. The molecule has 6 nitrogen and oxygen atoms in total. The van der Waals surface area contributed by atoms with E-state index in [2.05, 4.69) is 27.3 Å². The van der Waals surface area contributed by atoms with Gasteiger partial charge in [0.2, 0.25) is 17.7 Å². The van der Waals surface area contributed by atoms with Crippen molar-refractivity contribution in [2.45, 2.75) is 38.6 Å². The van der Waals surface area contributed by atoms with Gasteiger partial charge in [-0.25, -0.2) is 0 Å². The molecule has 1 N–H and O–H groups in total. The zero-order chi connectivity index (χ0) is 16.8. The van der Waals surface area contributed by atoms with Gasteiger partial charge in [0.15, 0.2) is 0 Å². The number of nitrogens with zero attached hydrogens (tertiary/aromatic N) is 3. The van der Waals surface area contributed by atoms with E-state index in [1.54, 1.807) is 0 Å². The van der Waals surface area contributed by atoms with Crippen LogP contribution in [0.5, 0.6) is 0 Å². The first-order chi connectivity index (χ1) is 11.7. The van der Waals surface area contributed by atoms with Crippen LogP contribution < -0.4 is 5.32 Å². The fourth-order valence-corrected chi connectivity index (χ4v) is 2.93. The quantitative estimate of drug-likeness (QED) is 0.844. The van der Waals surface area contributed by atoms with Crippen molar-refractivity contribution in [3.63, 3.8) is 0 Å². The van der Waals surface area contributed by atoms with Gasteiger partial charge in [-0.2, -0.15) is 0 Å². The van der Waals surface area contributed by atoms with E-state index in [4.69, 9.17) is 4.42 Å². The van der Waals surface area contributed by atoms with Crippen LogP contribution in [-0.2, 0) is 11.2 Å². The lowest BCUT2D eigenvalue weighted by molar-refractivity contribution is -0.121. The molecule has 1 aromatic carbocycles. The van der Waals surface area contributed by atoms with E-state index in [1.165, 1.54) is 12.8 Å². The van der Waals surface area contributed by atoms with Gasteiger partial charge in [-0.05, 0) is 45.0 Å². The van der Waals surface area contributed by atoms with Crippen molar-refractivity contribution >= 4 is 5.91 Å². The van der Waals surface area contributed by atoms with E-state index in [-0.39, 0.29) is 5.91 Å². The Morgan fingerprint density at radius 3 is 2.75 bits per heavy atom. The standard InChI is InChI=1S/C18H24N4O2/c1-14(22-11-5-6-12-22)13-19-16(23)9-10-17-20-21-18(24-17)15-7-3-2-4-8-15/h2-4,7-8,14H,5-6,9-13H2,1H3,(H,19,23)/t14-/m0/s1. The van der Waals surface area contributed by atoms with Gasteiger partial charge in [-0.1, -0.05) is 18.2 Å². The number of carbonyl (C=O) groups excluding carboxylic acids is 1. The smallest absolute Gasteiger partial charge is 0.247 e. The average molecular weight is 328 g/mol. The summed E-state index contributed by atoms with van der Waals surface area (Å²) < 4.78 is 5.62. The van der Waals surface area contributed by atoms with Crippen LogP contribution in [0.25, 0.3) is 11.5 Å². The fourth-order valence-electron chi connectivity index (χ4n) is 2.93. The molecule has 1 aliphatic heterocycles. The summed E-state index contributed by atoms with van der Waals surface area (Å²) in [7, 11) is 0. The van der Waals surface area contributed by atoms with Gasteiger partial charge in [0.05, 0.1) is 0 Å². The molecule has 1 saturated heterocycles. The van der Waals surface area contributed by atoms with Gasteiger partial charge in [-0.15, -0.1) is 10.2 Å². The molecule has 0 aliphatic carbocycles. The van der Waals surface area contributed by atoms with E-state index in [0.717, 1.165) is 18.7 Å². The van der Waals surface area contributed by atoms with Crippen LogP contribution >= 0.6 is 0 Å². The predicted molar refractivity (Wildman–Crippen MR) is 91.3 cm³/mol. The summed E-state index contributed by atoms with van der Waals surface area (Å²) in [6, 6.07) is 10.0. The van der Waals surface area contributed by atoms with Crippen LogP contribution in [0.4, 0.5) is 0 Å². The Morgan fingerprint density at radius 2 is 2.00 bits per heavy atom. The van der Waals surface area contributed by atoms with Gasteiger partial charge >= 0.3 is 0 Å². The number of amides is 1. The Bertz CT molecular complexity index is 650. The highest BCUT2D eigenvalue weighted by Gasteiger charge is 2.18. The first-order valence-corrected chi connectivity index (χ1v) is 8.61. The van der Waals surface area contributed by atoms with Crippen molar-refractivity contribution in [3.8, 4) is 11.5 Å². The number of aryl methyl sites for hydroxylation is 1. The number of hydrogen-bond donors (Lipinski definition) is 1. The summed E-state index contributed by atoms with van der Waals surface area (Å²) in [6.45, 7) is 5.14. The maximum absolute atomic E-state index is 12.0. The van der Waals surface area contributed by atoms with Gasteiger partial charge < -0.3 is 9.73 Å². The number of hydrogen-bond acceptors (Lipinski definition) is 5. The number of aromatic nitrogens is 2. The van der Waals surface area contributed by atoms with Crippen molar-refractivity contribution in [1.82, 2.24) is 20.4 Å². The largest absolute Gasteiger partial charge is 0.421 e. The maximum Gasteiger partial charge on any atom is 0.247 e. The van der Waals surface area contributed by atoms with E-state index < -0.39 is 0 Å². The first-order valence-electron chi connectivity index (χ1n) is 8.61. The highest BCUT2D eigenvalue weighted by Crippen LogP contribution is 2.17. The molecule has 0 spiro atoms. The number of nitrogens with one attached hydrogen (secondary N) is 1. The lowest BCUT2D eigenvalue weighted by Crippen LogP contribution is -2.40. The molecule has 0 bridgehead atoms. The minimum atomic E-state index is 0.0282. The molecule has 3 rings (SSSR count). The average Bonchev–Trinajstić information content (AvgIpc) is 3.30. The fraction of sp³-hybridized carbons (Fsp3) is 0.500. The second-order valence-corrected chi connectivity index (χ2v) is 6.26. The van der Waals surface area contributed by atoms with Crippen LogP contribution in [0.2, 0.25) is 0 Å². The molecular formula is C18H24N4O2. The van der Waals surface area contributed by atoms with Gasteiger partial charge in [0, 0.05) is 31.0 Å². The van der Waals surface area contributed by atoms with Crippen molar-refractivity contribution in [1.29, 1.82) is 0 Å². The topological polar surface area (TPSA) is 71.3 Å². The molecule has 2 aromatic rings. The van der Waals surface area contributed by atoms with Gasteiger partial charge in [-0.3, -0.25) is 9.69 Å². The van der Waals surface area contributed by atoms with E-state index in [1.807, 2.05) is 30.3 Å². The zero-order valence-corrected chi connectivity index (χ0v) is 14.1. The number of benzene rings is 1. The maximum atomic E-state index is 12.0. The first kappa shape index (κ1) is 16.6. The third kappa shape index (κ3) is 4.41. The predicted octanol–water partition coefficient (Wildman–Crippen LogP) is 2.27. The Kier molecular flexibility index (Phi) is 5.59. The molecule has 1 fully saturated rings. The van der Waals surface area contributed by atoms with Crippen molar-refractivity contribution < 1.29 is 9.21 Å². The van der Waals surface area contributed by atoms with Crippen molar-refractivity contribution in [2.75, 3.05) is 19.6 Å². The van der Waals surface area contributed by atoms with Crippen molar-refractivity contribution in [3.05, 3.63) is 36.2 Å². The van der Waals surface area contributed by atoms with Crippen LogP contribution in [-0.4, -0.2) is 46.7 Å². The summed E-state index contributed by atoms with van der Waals surface area (Å²) in [5.74, 6) is 1.02. The summed E-state index contributed by atoms with van der Waals surface area (Å²) >= 11 is 0. The van der Waals surface area contributed by atoms with Crippen LogP contribution in [0.1, 0.15) is 32.1 Å². The Labute approximate surface area is 142 Å². The van der Waals surface area contributed by atoms with E-state index in [0.29, 0.717) is 37.2 Å². The molecule has 1 aliphatic rings. The minimum absolute atomic E-state index is 0.0282. The number of carbonyl (C=O) groups is 1. The molecule has 24 heavy (non-hydrogen) atoms. The highest BCUT2D eigenvalue weighted by molar-refractivity contribution is 5.76.